The highest BCUT2D eigenvalue weighted by Gasteiger charge is 2.14. The lowest BCUT2D eigenvalue weighted by molar-refractivity contribution is 0.103. The molecule has 2 rings (SSSR count). The van der Waals surface area contributed by atoms with E-state index in [4.69, 9.17) is 16.3 Å². The van der Waals surface area contributed by atoms with Crippen molar-refractivity contribution in [2.45, 2.75) is 13.8 Å². The fraction of sp³-hybridized carbons (Fsp3) is 0.188. The summed E-state index contributed by atoms with van der Waals surface area (Å²) in [7, 11) is 1.62. The summed E-state index contributed by atoms with van der Waals surface area (Å²) >= 11 is 6.05. The molecule has 3 heteroatoms. The second-order valence-corrected chi connectivity index (χ2v) is 4.83. The minimum Gasteiger partial charge on any atom is -0.496 e. The maximum absolute atomic E-state index is 12.5. The van der Waals surface area contributed by atoms with Crippen molar-refractivity contribution in [1.82, 2.24) is 0 Å². The Morgan fingerprint density at radius 2 is 1.89 bits per heavy atom. The van der Waals surface area contributed by atoms with Crippen molar-refractivity contribution in [2.75, 3.05) is 7.11 Å². The number of hydrogen-bond donors (Lipinski definition) is 0. The van der Waals surface area contributed by atoms with Gasteiger partial charge in [-0.1, -0.05) is 23.7 Å². The summed E-state index contributed by atoms with van der Waals surface area (Å²) in [6.07, 6.45) is 0. The van der Waals surface area contributed by atoms with Crippen LogP contribution < -0.4 is 4.74 Å². The predicted molar refractivity (Wildman–Crippen MR) is 77.4 cm³/mol. The molecule has 2 aromatic carbocycles. The van der Waals surface area contributed by atoms with E-state index in [2.05, 4.69) is 0 Å². The third-order valence-electron chi connectivity index (χ3n) is 3.17. The Morgan fingerprint density at radius 3 is 2.53 bits per heavy atom. The number of ketones is 1. The lowest BCUT2D eigenvalue weighted by atomic mass is 9.98. The van der Waals surface area contributed by atoms with E-state index >= 15 is 0 Å². The standard InChI is InChI=1S/C16H15ClO2/c1-10-9-12(7-8-15(10)19-3)16(18)13-5-4-6-14(17)11(13)2/h4-9H,1-3H3. The topological polar surface area (TPSA) is 26.3 Å². The van der Waals surface area contributed by atoms with E-state index in [1.807, 2.05) is 26.0 Å². The van der Waals surface area contributed by atoms with Gasteiger partial charge in [0.1, 0.15) is 5.75 Å². The molecule has 98 valence electrons. The molecule has 0 aliphatic carbocycles. The van der Waals surface area contributed by atoms with E-state index < -0.39 is 0 Å². The fourth-order valence-corrected chi connectivity index (χ4v) is 2.20. The molecule has 0 atom stereocenters. The first-order valence-electron chi connectivity index (χ1n) is 5.99. The van der Waals surface area contributed by atoms with Gasteiger partial charge in [0.15, 0.2) is 5.78 Å². The van der Waals surface area contributed by atoms with Crippen LogP contribution in [0.5, 0.6) is 5.75 Å². The van der Waals surface area contributed by atoms with Crippen LogP contribution >= 0.6 is 11.6 Å². The van der Waals surface area contributed by atoms with E-state index in [0.29, 0.717) is 16.1 Å². The molecule has 0 saturated carbocycles. The Kier molecular flexibility index (Phi) is 3.91. The van der Waals surface area contributed by atoms with Crippen LogP contribution in [0.1, 0.15) is 27.0 Å². The highest BCUT2D eigenvalue weighted by molar-refractivity contribution is 6.32. The van der Waals surface area contributed by atoms with E-state index in [0.717, 1.165) is 16.9 Å². The molecule has 2 nitrogen and oxygen atoms in total. The Balaban J connectivity index is 2.44. The molecule has 0 heterocycles. The number of halogens is 1. The molecule has 0 aliphatic rings. The molecule has 2 aromatic rings. The average Bonchev–Trinajstić information content (AvgIpc) is 2.41. The number of rotatable bonds is 3. The van der Waals surface area contributed by atoms with Gasteiger partial charge < -0.3 is 4.74 Å². The van der Waals surface area contributed by atoms with Gasteiger partial charge in [-0.05, 0) is 49.2 Å². The monoisotopic (exact) mass is 274 g/mol. The minimum absolute atomic E-state index is 0.0225. The molecule has 0 aliphatic heterocycles. The predicted octanol–water partition coefficient (Wildman–Crippen LogP) is 4.20. The molecule has 0 N–H and O–H groups in total. The van der Waals surface area contributed by atoms with E-state index in [-0.39, 0.29) is 5.78 Å². The highest BCUT2D eigenvalue weighted by Crippen LogP contribution is 2.24. The van der Waals surface area contributed by atoms with Gasteiger partial charge in [-0.15, -0.1) is 0 Å². The second kappa shape index (κ2) is 5.45. The summed E-state index contributed by atoms with van der Waals surface area (Å²) in [6.45, 7) is 3.77. The van der Waals surface area contributed by atoms with Crippen molar-refractivity contribution in [3.63, 3.8) is 0 Å². The lowest BCUT2D eigenvalue weighted by Crippen LogP contribution is -2.04. The van der Waals surface area contributed by atoms with Crippen molar-refractivity contribution < 1.29 is 9.53 Å². The molecule has 0 aromatic heterocycles. The Morgan fingerprint density at radius 1 is 1.16 bits per heavy atom. The number of carbonyl (C=O) groups excluding carboxylic acids is 1. The molecule has 0 unspecified atom stereocenters. The third-order valence-corrected chi connectivity index (χ3v) is 3.58. The number of methoxy groups -OCH3 is 1. The molecular weight excluding hydrogens is 260 g/mol. The summed E-state index contributed by atoms with van der Waals surface area (Å²) in [6, 6.07) is 10.8. The molecule has 0 bridgehead atoms. The fourth-order valence-electron chi connectivity index (χ4n) is 2.03. The normalized spacial score (nSPS) is 10.3. The Hall–Kier alpha value is -1.80. The minimum atomic E-state index is -0.0225. The summed E-state index contributed by atoms with van der Waals surface area (Å²) in [5, 5.41) is 0.607. The molecular formula is C16H15ClO2. The van der Waals surface area contributed by atoms with Gasteiger partial charge in [0, 0.05) is 16.1 Å². The molecule has 19 heavy (non-hydrogen) atoms. The highest BCUT2D eigenvalue weighted by atomic mass is 35.5. The van der Waals surface area contributed by atoms with Gasteiger partial charge in [0.2, 0.25) is 0 Å². The van der Waals surface area contributed by atoms with Gasteiger partial charge in [-0.25, -0.2) is 0 Å². The van der Waals surface area contributed by atoms with Crippen molar-refractivity contribution in [3.8, 4) is 5.75 Å². The zero-order valence-corrected chi connectivity index (χ0v) is 11.9. The summed E-state index contributed by atoms with van der Waals surface area (Å²) < 4.78 is 5.20. The van der Waals surface area contributed by atoms with Crippen LogP contribution in [0.15, 0.2) is 36.4 Å². The quantitative estimate of drug-likeness (QED) is 0.784. The first kappa shape index (κ1) is 13.6. The van der Waals surface area contributed by atoms with Gasteiger partial charge in [-0.2, -0.15) is 0 Å². The number of benzene rings is 2. The van der Waals surface area contributed by atoms with Crippen LogP contribution in [0, 0.1) is 13.8 Å². The summed E-state index contributed by atoms with van der Waals surface area (Å²) in [5.41, 5.74) is 3.02. The number of aryl methyl sites for hydroxylation is 1. The maximum atomic E-state index is 12.5. The van der Waals surface area contributed by atoms with Crippen molar-refractivity contribution in [2.24, 2.45) is 0 Å². The van der Waals surface area contributed by atoms with Crippen molar-refractivity contribution in [1.29, 1.82) is 0 Å². The Bertz CT molecular complexity index is 633. The van der Waals surface area contributed by atoms with Gasteiger partial charge in [0.25, 0.3) is 0 Å². The molecule has 0 amide bonds. The Labute approximate surface area is 118 Å². The molecule has 0 spiro atoms. The molecule has 0 fully saturated rings. The van der Waals surface area contributed by atoms with Crippen LogP contribution in [0.2, 0.25) is 5.02 Å². The van der Waals surface area contributed by atoms with E-state index in [1.165, 1.54) is 0 Å². The zero-order valence-electron chi connectivity index (χ0n) is 11.2. The first-order valence-corrected chi connectivity index (χ1v) is 6.37. The first-order chi connectivity index (χ1) is 9.04. The van der Waals surface area contributed by atoms with Crippen LogP contribution in [0.3, 0.4) is 0 Å². The lowest BCUT2D eigenvalue weighted by Gasteiger charge is -2.09. The SMILES string of the molecule is COc1ccc(C(=O)c2cccc(Cl)c2C)cc1C. The van der Waals surface area contributed by atoms with Crippen LogP contribution in [0.4, 0.5) is 0 Å². The van der Waals surface area contributed by atoms with Gasteiger partial charge in [-0.3, -0.25) is 4.79 Å². The summed E-state index contributed by atoms with van der Waals surface area (Å²) in [5.74, 6) is 0.755. The zero-order chi connectivity index (χ0) is 14.0. The largest absolute Gasteiger partial charge is 0.496 e. The van der Waals surface area contributed by atoms with Crippen LogP contribution in [0.25, 0.3) is 0 Å². The third kappa shape index (κ3) is 2.64. The van der Waals surface area contributed by atoms with E-state index in [9.17, 15) is 4.79 Å². The number of carbonyl (C=O) groups is 1. The number of ether oxygens (including phenoxy) is 1. The van der Waals surface area contributed by atoms with Crippen LogP contribution in [-0.4, -0.2) is 12.9 Å². The molecule has 0 radical (unpaired) electrons. The maximum Gasteiger partial charge on any atom is 0.193 e. The number of hydrogen-bond acceptors (Lipinski definition) is 2. The summed E-state index contributed by atoms with van der Waals surface area (Å²) in [4.78, 5) is 12.5. The van der Waals surface area contributed by atoms with Crippen LogP contribution in [-0.2, 0) is 0 Å². The van der Waals surface area contributed by atoms with Crippen molar-refractivity contribution in [3.05, 3.63) is 63.7 Å². The molecule has 0 saturated heterocycles. The average molecular weight is 275 g/mol. The van der Waals surface area contributed by atoms with Gasteiger partial charge >= 0.3 is 0 Å². The van der Waals surface area contributed by atoms with E-state index in [1.54, 1.807) is 31.4 Å². The smallest absolute Gasteiger partial charge is 0.193 e. The van der Waals surface area contributed by atoms with Crippen molar-refractivity contribution >= 4 is 17.4 Å². The van der Waals surface area contributed by atoms with Gasteiger partial charge in [0.05, 0.1) is 7.11 Å². The second-order valence-electron chi connectivity index (χ2n) is 4.43.